The van der Waals surface area contributed by atoms with E-state index >= 15 is 0 Å². The zero-order chi connectivity index (χ0) is 19.0. The SMILES string of the molecule is CN=C(NCCc1ccc(S(N)(=O)=O)cc1)NCCc1ccc(Cl)nc1. The Kier molecular flexibility index (Phi) is 7.38. The average molecular weight is 396 g/mol. The Hall–Kier alpha value is -2.16. The number of aliphatic imine (C=N–C) groups is 1. The molecule has 0 fully saturated rings. The Morgan fingerprint density at radius 2 is 1.65 bits per heavy atom. The molecule has 1 aromatic carbocycles. The zero-order valence-corrected chi connectivity index (χ0v) is 16.0. The van der Waals surface area contributed by atoms with Gasteiger partial charge in [0.1, 0.15) is 5.15 Å². The number of aromatic nitrogens is 1. The summed E-state index contributed by atoms with van der Waals surface area (Å²) in [5.74, 6) is 0.702. The first-order valence-corrected chi connectivity index (χ1v) is 9.97. The zero-order valence-electron chi connectivity index (χ0n) is 14.4. The second-order valence-corrected chi connectivity index (χ2v) is 7.55. The molecule has 4 N–H and O–H groups in total. The second kappa shape index (κ2) is 9.51. The number of primary sulfonamides is 1. The molecule has 0 spiro atoms. The van der Waals surface area contributed by atoms with E-state index < -0.39 is 10.0 Å². The van der Waals surface area contributed by atoms with Gasteiger partial charge in [-0.25, -0.2) is 18.5 Å². The smallest absolute Gasteiger partial charge is 0.238 e. The number of halogens is 1. The highest BCUT2D eigenvalue weighted by Gasteiger charge is 2.06. The van der Waals surface area contributed by atoms with Crippen LogP contribution < -0.4 is 15.8 Å². The van der Waals surface area contributed by atoms with Crippen LogP contribution in [0.15, 0.2) is 52.5 Å². The van der Waals surface area contributed by atoms with Crippen LogP contribution in [0.2, 0.25) is 5.15 Å². The van der Waals surface area contributed by atoms with Crippen molar-refractivity contribution in [3.05, 3.63) is 58.9 Å². The summed E-state index contributed by atoms with van der Waals surface area (Å²) in [4.78, 5) is 8.33. The summed E-state index contributed by atoms with van der Waals surface area (Å²) in [6.07, 6.45) is 3.29. The highest BCUT2D eigenvalue weighted by atomic mass is 35.5. The summed E-state index contributed by atoms with van der Waals surface area (Å²) in [5.41, 5.74) is 2.10. The molecule has 0 saturated carbocycles. The van der Waals surface area contributed by atoms with Crippen LogP contribution in [0.1, 0.15) is 11.1 Å². The van der Waals surface area contributed by atoms with E-state index in [1.807, 2.05) is 6.07 Å². The van der Waals surface area contributed by atoms with Gasteiger partial charge in [0.15, 0.2) is 5.96 Å². The molecule has 7 nitrogen and oxygen atoms in total. The first-order chi connectivity index (χ1) is 12.4. The average Bonchev–Trinajstić information content (AvgIpc) is 2.61. The number of nitrogens with zero attached hydrogens (tertiary/aromatic N) is 2. The van der Waals surface area contributed by atoms with Gasteiger partial charge >= 0.3 is 0 Å². The minimum Gasteiger partial charge on any atom is -0.356 e. The standard InChI is InChI=1S/C17H22ClN5O2S/c1-20-17(22-11-9-14-4-7-16(18)23-12-14)21-10-8-13-2-5-15(6-3-13)26(19,24)25/h2-7,12H,8-11H2,1H3,(H2,19,24,25)(H2,20,21,22). The van der Waals surface area contributed by atoms with Crippen LogP contribution in [-0.2, 0) is 22.9 Å². The molecule has 0 saturated heterocycles. The van der Waals surface area contributed by atoms with Gasteiger partial charge in [0, 0.05) is 26.3 Å². The van der Waals surface area contributed by atoms with Gasteiger partial charge < -0.3 is 10.6 Å². The van der Waals surface area contributed by atoms with Gasteiger partial charge in [0.2, 0.25) is 10.0 Å². The molecule has 0 aliphatic carbocycles. The maximum atomic E-state index is 11.2. The molecule has 26 heavy (non-hydrogen) atoms. The number of nitrogens with two attached hydrogens (primary N) is 1. The van der Waals surface area contributed by atoms with E-state index in [-0.39, 0.29) is 4.90 Å². The summed E-state index contributed by atoms with van der Waals surface area (Å²) in [6, 6.07) is 10.2. The predicted molar refractivity (Wildman–Crippen MR) is 104 cm³/mol. The molecule has 2 aromatic rings. The monoisotopic (exact) mass is 395 g/mol. The molecule has 9 heteroatoms. The van der Waals surface area contributed by atoms with E-state index in [1.165, 1.54) is 12.1 Å². The Labute approximate surface area is 158 Å². The quantitative estimate of drug-likeness (QED) is 0.372. The maximum absolute atomic E-state index is 11.2. The van der Waals surface area contributed by atoms with E-state index in [2.05, 4.69) is 20.6 Å². The Morgan fingerprint density at radius 1 is 1.08 bits per heavy atom. The van der Waals surface area contributed by atoms with Crippen molar-refractivity contribution < 1.29 is 8.42 Å². The molecule has 1 aromatic heterocycles. The molecule has 0 amide bonds. The summed E-state index contributed by atoms with van der Waals surface area (Å²) >= 11 is 5.77. The predicted octanol–water partition coefficient (Wildman–Crippen LogP) is 1.33. The van der Waals surface area contributed by atoms with Crippen LogP contribution >= 0.6 is 11.6 Å². The van der Waals surface area contributed by atoms with Crippen LogP contribution in [0.4, 0.5) is 0 Å². The summed E-state index contributed by atoms with van der Waals surface area (Å²) < 4.78 is 22.5. The third kappa shape index (κ3) is 6.62. The van der Waals surface area contributed by atoms with Crippen LogP contribution in [0, 0.1) is 0 Å². The fraction of sp³-hybridized carbons (Fsp3) is 0.294. The van der Waals surface area contributed by atoms with E-state index in [1.54, 1.807) is 31.4 Å². The van der Waals surface area contributed by atoms with Crippen molar-refractivity contribution in [2.45, 2.75) is 17.7 Å². The lowest BCUT2D eigenvalue weighted by atomic mass is 10.1. The molecule has 0 aliphatic rings. The lowest BCUT2D eigenvalue weighted by Gasteiger charge is -2.12. The molecule has 0 bridgehead atoms. The highest BCUT2D eigenvalue weighted by molar-refractivity contribution is 7.89. The fourth-order valence-corrected chi connectivity index (χ4v) is 2.90. The third-order valence-electron chi connectivity index (χ3n) is 3.68. The Bertz CT molecular complexity index is 836. The van der Waals surface area contributed by atoms with Crippen molar-refractivity contribution in [3.63, 3.8) is 0 Å². The van der Waals surface area contributed by atoms with Crippen LogP contribution in [0.5, 0.6) is 0 Å². The molecule has 0 radical (unpaired) electrons. The van der Waals surface area contributed by atoms with Gasteiger partial charge in [-0.05, 0) is 42.2 Å². The van der Waals surface area contributed by atoms with Crippen LogP contribution in [-0.4, -0.2) is 39.5 Å². The summed E-state index contributed by atoms with van der Waals surface area (Å²) in [6.45, 7) is 1.38. The molecule has 0 aliphatic heterocycles. The highest BCUT2D eigenvalue weighted by Crippen LogP contribution is 2.09. The number of guanidine groups is 1. The number of sulfonamides is 1. The molecule has 2 rings (SSSR count). The number of nitrogens with one attached hydrogen (secondary N) is 2. The van der Waals surface area contributed by atoms with Gasteiger partial charge in [-0.3, -0.25) is 4.99 Å². The van der Waals surface area contributed by atoms with E-state index in [0.717, 1.165) is 24.0 Å². The third-order valence-corrected chi connectivity index (χ3v) is 4.83. The Balaban J connectivity index is 1.74. The molecule has 0 atom stereocenters. The molecule has 0 unspecified atom stereocenters. The number of hydrogen-bond donors (Lipinski definition) is 3. The lowest BCUT2D eigenvalue weighted by molar-refractivity contribution is 0.598. The molecule has 140 valence electrons. The van der Waals surface area contributed by atoms with Crippen molar-refractivity contribution >= 4 is 27.6 Å². The van der Waals surface area contributed by atoms with Gasteiger partial charge in [-0.1, -0.05) is 29.8 Å². The van der Waals surface area contributed by atoms with Crippen molar-refractivity contribution in [2.75, 3.05) is 20.1 Å². The number of hydrogen-bond acceptors (Lipinski definition) is 4. The minimum absolute atomic E-state index is 0.114. The number of benzene rings is 1. The largest absolute Gasteiger partial charge is 0.356 e. The number of rotatable bonds is 7. The van der Waals surface area contributed by atoms with Gasteiger partial charge in [0.05, 0.1) is 4.90 Å². The van der Waals surface area contributed by atoms with Gasteiger partial charge in [0.25, 0.3) is 0 Å². The molecular formula is C17H22ClN5O2S. The summed E-state index contributed by atoms with van der Waals surface area (Å²) in [7, 11) is -1.94. The number of pyridine rings is 1. The van der Waals surface area contributed by atoms with Crippen LogP contribution in [0.25, 0.3) is 0 Å². The first-order valence-electron chi connectivity index (χ1n) is 8.05. The minimum atomic E-state index is -3.65. The lowest BCUT2D eigenvalue weighted by Crippen LogP contribution is -2.39. The van der Waals surface area contributed by atoms with E-state index in [9.17, 15) is 8.42 Å². The van der Waals surface area contributed by atoms with Crippen molar-refractivity contribution in [1.82, 2.24) is 15.6 Å². The van der Waals surface area contributed by atoms with Gasteiger partial charge in [-0.15, -0.1) is 0 Å². The van der Waals surface area contributed by atoms with Crippen LogP contribution in [0.3, 0.4) is 0 Å². The fourth-order valence-electron chi connectivity index (χ4n) is 2.27. The Morgan fingerprint density at radius 3 is 2.15 bits per heavy atom. The summed E-state index contributed by atoms with van der Waals surface area (Å²) in [5, 5.41) is 12.0. The normalized spacial score (nSPS) is 12.0. The van der Waals surface area contributed by atoms with Crippen molar-refractivity contribution in [1.29, 1.82) is 0 Å². The van der Waals surface area contributed by atoms with E-state index in [4.69, 9.17) is 16.7 Å². The first kappa shape index (κ1) is 20.2. The maximum Gasteiger partial charge on any atom is 0.238 e. The second-order valence-electron chi connectivity index (χ2n) is 5.60. The van der Waals surface area contributed by atoms with Crippen molar-refractivity contribution in [2.24, 2.45) is 10.1 Å². The van der Waals surface area contributed by atoms with Crippen molar-refractivity contribution in [3.8, 4) is 0 Å². The van der Waals surface area contributed by atoms with Gasteiger partial charge in [-0.2, -0.15) is 0 Å². The topological polar surface area (TPSA) is 109 Å². The molecular weight excluding hydrogens is 374 g/mol. The van der Waals surface area contributed by atoms with E-state index in [0.29, 0.717) is 24.2 Å². The molecule has 1 heterocycles.